The Morgan fingerprint density at radius 3 is 3.06 bits per heavy atom. The summed E-state index contributed by atoms with van der Waals surface area (Å²) in [5.74, 6) is 0.177. The molecule has 0 fully saturated rings. The van der Waals surface area contributed by atoms with Crippen molar-refractivity contribution in [2.75, 3.05) is 25.0 Å². The normalized spacial score (nSPS) is 11.1. The van der Waals surface area contributed by atoms with Crippen LogP contribution in [0.15, 0.2) is 41.9 Å². The van der Waals surface area contributed by atoms with Crippen molar-refractivity contribution in [3.8, 4) is 0 Å². The molecule has 98 valence electrons. The van der Waals surface area contributed by atoms with Crippen molar-refractivity contribution < 1.29 is 4.39 Å². The Balaban J connectivity index is 2.17. The lowest BCUT2D eigenvalue weighted by atomic mass is 10.3. The highest BCUT2D eigenvalue weighted by atomic mass is 19.1. The minimum absolute atomic E-state index is 0.240. The van der Waals surface area contributed by atoms with Gasteiger partial charge in [-0.3, -0.25) is 4.99 Å². The molecule has 1 aromatic rings. The Labute approximate surface area is 107 Å². The number of anilines is 1. The predicted molar refractivity (Wildman–Crippen MR) is 74.2 cm³/mol. The van der Waals surface area contributed by atoms with Crippen molar-refractivity contribution in [1.82, 2.24) is 5.32 Å². The second-order valence-electron chi connectivity index (χ2n) is 3.73. The van der Waals surface area contributed by atoms with E-state index in [4.69, 9.17) is 5.73 Å². The van der Waals surface area contributed by atoms with Gasteiger partial charge in [0.05, 0.1) is 0 Å². The maximum absolute atomic E-state index is 12.9. The number of benzene rings is 1. The molecule has 0 aliphatic carbocycles. The highest BCUT2D eigenvalue weighted by Gasteiger charge is 1.94. The van der Waals surface area contributed by atoms with Crippen molar-refractivity contribution in [2.45, 2.75) is 6.42 Å². The standard InChI is InChI=1S/C13H19FN4/c1-2-7-17-13(15)18-9-4-8-16-12-6-3-5-11(14)10-12/h2-3,5-6,10,16H,1,4,7-9H2,(H3,15,17,18). The topological polar surface area (TPSA) is 62.4 Å². The molecule has 1 rings (SSSR count). The van der Waals surface area contributed by atoms with Crippen LogP contribution < -0.4 is 16.4 Å². The van der Waals surface area contributed by atoms with Crippen molar-refractivity contribution >= 4 is 11.6 Å². The molecular weight excluding hydrogens is 231 g/mol. The summed E-state index contributed by atoms with van der Waals surface area (Å²) in [4.78, 5) is 4.13. The maximum Gasteiger partial charge on any atom is 0.188 e. The zero-order valence-corrected chi connectivity index (χ0v) is 10.3. The van der Waals surface area contributed by atoms with Crippen LogP contribution in [0.1, 0.15) is 6.42 Å². The molecule has 18 heavy (non-hydrogen) atoms. The molecule has 0 aliphatic heterocycles. The van der Waals surface area contributed by atoms with E-state index >= 15 is 0 Å². The Kier molecular flexibility index (Phi) is 6.32. The molecule has 0 aromatic heterocycles. The van der Waals surface area contributed by atoms with E-state index < -0.39 is 0 Å². The highest BCUT2D eigenvalue weighted by Crippen LogP contribution is 2.08. The summed E-state index contributed by atoms with van der Waals surface area (Å²) in [5, 5.41) is 6.00. The fourth-order valence-corrected chi connectivity index (χ4v) is 1.34. The first kappa shape index (κ1) is 14.0. The van der Waals surface area contributed by atoms with Crippen molar-refractivity contribution in [2.24, 2.45) is 10.7 Å². The molecule has 0 spiro atoms. The largest absolute Gasteiger partial charge is 0.385 e. The maximum atomic E-state index is 12.9. The van der Waals surface area contributed by atoms with Gasteiger partial charge in [-0.1, -0.05) is 12.1 Å². The molecule has 4 N–H and O–H groups in total. The number of guanidine groups is 1. The molecule has 1 aromatic carbocycles. The van der Waals surface area contributed by atoms with E-state index in [0.29, 0.717) is 19.0 Å². The van der Waals surface area contributed by atoms with Crippen LogP contribution >= 0.6 is 0 Å². The van der Waals surface area contributed by atoms with Gasteiger partial charge in [0.25, 0.3) is 0 Å². The van der Waals surface area contributed by atoms with Gasteiger partial charge >= 0.3 is 0 Å². The third-order valence-electron chi connectivity index (χ3n) is 2.20. The second kappa shape index (κ2) is 8.11. The number of nitrogens with two attached hydrogens (primary N) is 1. The van der Waals surface area contributed by atoms with Crippen LogP contribution in [0.4, 0.5) is 10.1 Å². The molecule has 0 unspecified atom stereocenters. The number of hydrogen-bond donors (Lipinski definition) is 3. The van der Waals surface area contributed by atoms with Crippen LogP contribution in [0.3, 0.4) is 0 Å². The van der Waals surface area contributed by atoms with Gasteiger partial charge in [-0.2, -0.15) is 0 Å². The summed E-state index contributed by atoms with van der Waals surface area (Å²) in [6.45, 7) is 5.52. The SMILES string of the molecule is C=CCNC(N)=NCCCNc1cccc(F)c1. The molecule has 0 aliphatic rings. The first-order chi connectivity index (χ1) is 8.72. The Bertz CT molecular complexity index is 404. The average Bonchev–Trinajstić information content (AvgIpc) is 2.36. The Hall–Kier alpha value is -2.04. The molecule has 0 radical (unpaired) electrons. The number of aliphatic imine (C=N–C) groups is 1. The monoisotopic (exact) mass is 250 g/mol. The van der Waals surface area contributed by atoms with Gasteiger partial charge in [0.1, 0.15) is 5.82 Å². The van der Waals surface area contributed by atoms with E-state index in [1.54, 1.807) is 12.1 Å². The fourth-order valence-electron chi connectivity index (χ4n) is 1.34. The summed E-state index contributed by atoms with van der Waals surface area (Å²) >= 11 is 0. The van der Waals surface area contributed by atoms with Gasteiger partial charge in [-0.15, -0.1) is 6.58 Å². The van der Waals surface area contributed by atoms with E-state index in [2.05, 4.69) is 22.2 Å². The van der Waals surface area contributed by atoms with Crippen LogP contribution in [-0.4, -0.2) is 25.6 Å². The van der Waals surface area contributed by atoms with Gasteiger partial charge in [-0.25, -0.2) is 4.39 Å². The number of rotatable bonds is 7. The van der Waals surface area contributed by atoms with Gasteiger partial charge in [0.2, 0.25) is 0 Å². The molecular formula is C13H19FN4. The lowest BCUT2D eigenvalue weighted by molar-refractivity contribution is 0.628. The summed E-state index contributed by atoms with van der Waals surface area (Å²) in [6, 6.07) is 6.38. The van der Waals surface area contributed by atoms with E-state index in [0.717, 1.165) is 18.7 Å². The Morgan fingerprint density at radius 1 is 1.50 bits per heavy atom. The fraction of sp³-hybridized carbons (Fsp3) is 0.308. The summed E-state index contributed by atoms with van der Waals surface area (Å²) in [6.07, 6.45) is 2.54. The van der Waals surface area contributed by atoms with Crippen molar-refractivity contribution in [1.29, 1.82) is 0 Å². The van der Waals surface area contributed by atoms with Gasteiger partial charge in [-0.05, 0) is 24.6 Å². The lowest BCUT2D eigenvalue weighted by Gasteiger charge is -2.05. The molecule has 5 heteroatoms. The van der Waals surface area contributed by atoms with Crippen LogP contribution in [0, 0.1) is 5.82 Å². The quantitative estimate of drug-likeness (QED) is 0.299. The number of nitrogens with one attached hydrogen (secondary N) is 2. The van der Waals surface area contributed by atoms with E-state index in [-0.39, 0.29) is 5.82 Å². The van der Waals surface area contributed by atoms with E-state index in [1.807, 2.05) is 6.07 Å². The minimum atomic E-state index is -0.240. The Morgan fingerprint density at radius 2 is 2.33 bits per heavy atom. The summed E-state index contributed by atoms with van der Waals surface area (Å²) in [7, 11) is 0. The van der Waals surface area contributed by atoms with Crippen LogP contribution in [0.2, 0.25) is 0 Å². The van der Waals surface area contributed by atoms with Crippen molar-refractivity contribution in [3.05, 3.63) is 42.7 Å². The van der Waals surface area contributed by atoms with E-state index in [1.165, 1.54) is 12.1 Å². The van der Waals surface area contributed by atoms with Crippen LogP contribution in [0.25, 0.3) is 0 Å². The van der Waals surface area contributed by atoms with Crippen LogP contribution in [-0.2, 0) is 0 Å². The van der Waals surface area contributed by atoms with Crippen LogP contribution in [0.5, 0.6) is 0 Å². The lowest BCUT2D eigenvalue weighted by Crippen LogP contribution is -2.31. The molecule has 4 nitrogen and oxygen atoms in total. The van der Waals surface area contributed by atoms with Gasteiger partial charge in [0, 0.05) is 25.3 Å². The molecule has 0 amide bonds. The molecule has 0 saturated carbocycles. The van der Waals surface area contributed by atoms with Crippen molar-refractivity contribution in [3.63, 3.8) is 0 Å². The minimum Gasteiger partial charge on any atom is -0.385 e. The van der Waals surface area contributed by atoms with Gasteiger partial charge in [0.15, 0.2) is 5.96 Å². The third kappa shape index (κ3) is 5.89. The summed E-state index contributed by atoms with van der Waals surface area (Å²) < 4.78 is 12.9. The molecule has 0 saturated heterocycles. The first-order valence-corrected chi connectivity index (χ1v) is 5.86. The predicted octanol–water partition coefficient (Wildman–Crippen LogP) is 1.72. The smallest absolute Gasteiger partial charge is 0.188 e. The summed E-state index contributed by atoms with van der Waals surface area (Å²) in [5.41, 5.74) is 6.37. The average molecular weight is 250 g/mol. The molecule has 0 atom stereocenters. The molecule has 0 bridgehead atoms. The molecule has 0 heterocycles. The van der Waals surface area contributed by atoms with E-state index in [9.17, 15) is 4.39 Å². The number of nitrogens with zero attached hydrogens (tertiary/aromatic N) is 1. The second-order valence-corrected chi connectivity index (χ2v) is 3.73. The zero-order chi connectivity index (χ0) is 13.2. The zero-order valence-electron chi connectivity index (χ0n) is 10.3. The number of halogens is 1. The number of hydrogen-bond acceptors (Lipinski definition) is 2. The first-order valence-electron chi connectivity index (χ1n) is 5.86. The highest BCUT2D eigenvalue weighted by molar-refractivity contribution is 5.77. The third-order valence-corrected chi connectivity index (χ3v) is 2.20. The van der Waals surface area contributed by atoms with Gasteiger partial charge < -0.3 is 16.4 Å².